The molecule has 3 aromatic carbocycles. The molecule has 0 heterocycles. The fourth-order valence-corrected chi connectivity index (χ4v) is 2.96. The maximum atomic E-state index is 12.3. The quantitative estimate of drug-likeness (QED) is 0.168. The maximum absolute atomic E-state index is 12.3. The molecule has 0 saturated heterocycles. The molecule has 2 N–H and O–H groups in total. The van der Waals surface area contributed by atoms with E-state index < -0.39 is 17.8 Å². The Hall–Kier alpha value is -4.66. The zero-order chi connectivity index (χ0) is 25.2. The van der Waals surface area contributed by atoms with Gasteiger partial charge in [-0.2, -0.15) is 5.10 Å². The van der Waals surface area contributed by atoms with Gasteiger partial charge in [-0.15, -0.1) is 0 Å². The van der Waals surface area contributed by atoms with Gasteiger partial charge in [0, 0.05) is 0 Å². The van der Waals surface area contributed by atoms with E-state index in [-0.39, 0.29) is 0 Å². The molecule has 0 aliphatic carbocycles. The van der Waals surface area contributed by atoms with E-state index in [0.29, 0.717) is 46.4 Å². The van der Waals surface area contributed by atoms with Gasteiger partial charge in [0.15, 0.2) is 0 Å². The highest BCUT2D eigenvalue weighted by Gasteiger charge is 2.16. The average Bonchev–Trinajstić information content (AvgIpc) is 2.88. The Kier molecular flexibility index (Phi) is 8.55. The van der Waals surface area contributed by atoms with Crippen molar-refractivity contribution in [3.8, 4) is 17.2 Å². The number of hydrogen-bond donors (Lipinski definition) is 2. The molecule has 0 unspecified atom stereocenters. The van der Waals surface area contributed by atoms with Crippen LogP contribution < -0.4 is 25.0 Å². The van der Waals surface area contributed by atoms with Crippen LogP contribution in [0.1, 0.15) is 29.8 Å². The molecular weight excluding hydrogens is 450 g/mol. The van der Waals surface area contributed by atoms with Crippen molar-refractivity contribution in [1.29, 1.82) is 0 Å². The second-order valence-corrected chi connectivity index (χ2v) is 7.17. The Morgan fingerprint density at radius 1 is 0.857 bits per heavy atom. The lowest BCUT2D eigenvalue weighted by Crippen LogP contribution is -2.33. The number of nitrogens with zero attached hydrogens (tertiary/aromatic N) is 1. The Morgan fingerprint density at radius 2 is 1.60 bits per heavy atom. The number of hydrogen-bond acceptors (Lipinski definition) is 7. The predicted octanol–water partition coefficient (Wildman–Crippen LogP) is 3.79. The Morgan fingerprint density at radius 3 is 2.31 bits per heavy atom. The molecule has 0 fully saturated rings. The minimum Gasteiger partial charge on any atom is -0.497 e. The standard InChI is InChI=1S/C26H25N3O6/c1-4-34-23-11-6-5-10-22(23)27-24(30)25(31)29-28-17(2)18-12-14-20(15-13-18)35-26(32)19-8-7-9-21(16-19)33-3/h5-16H,4H2,1-3H3,(H,27,30)(H,29,31). The lowest BCUT2D eigenvalue weighted by molar-refractivity contribution is -0.136. The molecule has 2 amide bonds. The summed E-state index contributed by atoms with van der Waals surface area (Å²) in [6.45, 7) is 3.90. The first-order valence-electron chi connectivity index (χ1n) is 10.8. The summed E-state index contributed by atoms with van der Waals surface area (Å²) in [5, 5.41) is 6.48. The first kappa shape index (κ1) is 25.0. The maximum Gasteiger partial charge on any atom is 0.343 e. The molecule has 0 bridgehead atoms. The van der Waals surface area contributed by atoms with Crippen LogP contribution in [0.3, 0.4) is 0 Å². The SMILES string of the molecule is CCOc1ccccc1NC(=O)C(=O)NN=C(C)c1ccc(OC(=O)c2cccc(OC)c2)cc1. The molecule has 9 heteroatoms. The van der Waals surface area contributed by atoms with Crippen molar-refractivity contribution in [3.05, 3.63) is 83.9 Å². The number of amides is 2. The first-order valence-corrected chi connectivity index (χ1v) is 10.8. The van der Waals surface area contributed by atoms with Gasteiger partial charge in [-0.1, -0.05) is 18.2 Å². The molecule has 0 spiro atoms. The van der Waals surface area contributed by atoms with Gasteiger partial charge in [-0.25, -0.2) is 10.2 Å². The van der Waals surface area contributed by atoms with Crippen LogP contribution in [0.4, 0.5) is 5.69 Å². The zero-order valence-corrected chi connectivity index (χ0v) is 19.5. The molecule has 3 rings (SSSR count). The normalized spacial score (nSPS) is 10.8. The van der Waals surface area contributed by atoms with E-state index in [1.807, 2.05) is 6.92 Å². The largest absolute Gasteiger partial charge is 0.497 e. The van der Waals surface area contributed by atoms with Crippen LogP contribution in [-0.4, -0.2) is 37.2 Å². The fourth-order valence-electron chi connectivity index (χ4n) is 2.96. The second kappa shape index (κ2) is 12.0. The Balaban J connectivity index is 1.58. The van der Waals surface area contributed by atoms with E-state index >= 15 is 0 Å². The number of benzene rings is 3. The molecule has 9 nitrogen and oxygen atoms in total. The first-order chi connectivity index (χ1) is 16.9. The Bertz CT molecular complexity index is 1240. The van der Waals surface area contributed by atoms with Gasteiger partial charge in [0.05, 0.1) is 30.7 Å². The summed E-state index contributed by atoms with van der Waals surface area (Å²) in [7, 11) is 1.52. The summed E-state index contributed by atoms with van der Waals surface area (Å²) >= 11 is 0. The van der Waals surface area contributed by atoms with E-state index in [4.69, 9.17) is 14.2 Å². The van der Waals surface area contributed by atoms with Gasteiger partial charge in [0.25, 0.3) is 0 Å². The fraction of sp³-hybridized carbons (Fsp3) is 0.154. The summed E-state index contributed by atoms with van der Waals surface area (Å²) in [5.74, 6) is -0.983. The molecule has 180 valence electrons. The van der Waals surface area contributed by atoms with Crippen molar-refractivity contribution in [1.82, 2.24) is 5.43 Å². The third-order valence-corrected chi connectivity index (χ3v) is 4.75. The van der Waals surface area contributed by atoms with Crippen LogP contribution in [0.15, 0.2) is 77.9 Å². The van der Waals surface area contributed by atoms with Gasteiger partial charge >= 0.3 is 17.8 Å². The number of para-hydroxylation sites is 2. The summed E-state index contributed by atoms with van der Waals surface area (Å²) in [5.41, 5.74) is 4.08. The van der Waals surface area contributed by atoms with Gasteiger partial charge < -0.3 is 19.5 Å². The van der Waals surface area contributed by atoms with Crippen molar-refractivity contribution in [2.75, 3.05) is 19.0 Å². The Labute approximate surface area is 202 Å². The third-order valence-electron chi connectivity index (χ3n) is 4.75. The molecule has 0 aliphatic heterocycles. The molecule has 0 aliphatic rings. The van der Waals surface area contributed by atoms with Crippen LogP contribution in [0.2, 0.25) is 0 Å². The van der Waals surface area contributed by atoms with E-state index in [9.17, 15) is 14.4 Å². The average molecular weight is 476 g/mol. The minimum absolute atomic E-state index is 0.339. The highest BCUT2D eigenvalue weighted by atomic mass is 16.5. The second-order valence-electron chi connectivity index (χ2n) is 7.17. The topological polar surface area (TPSA) is 115 Å². The summed E-state index contributed by atoms with van der Waals surface area (Å²) < 4.78 is 15.9. The highest BCUT2D eigenvalue weighted by molar-refractivity contribution is 6.39. The van der Waals surface area contributed by atoms with Gasteiger partial charge in [0.1, 0.15) is 17.2 Å². The summed E-state index contributed by atoms with van der Waals surface area (Å²) in [6, 6.07) is 20.0. The minimum atomic E-state index is -0.931. The van der Waals surface area contributed by atoms with E-state index in [1.165, 1.54) is 7.11 Å². The van der Waals surface area contributed by atoms with Crippen molar-refractivity contribution >= 4 is 29.2 Å². The van der Waals surface area contributed by atoms with Crippen LogP contribution in [0.5, 0.6) is 17.2 Å². The number of esters is 1. The summed E-state index contributed by atoms with van der Waals surface area (Å²) in [4.78, 5) is 36.7. The highest BCUT2D eigenvalue weighted by Crippen LogP contribution is 2.23. The van der Waals surface area contributed by atoms with Gasteiger partial charge in [-0.3, -0.25) is 9.59 Å². The molecule has 0 atom stereocenters. The number of carbonyl (C=O) groups excluding carboxylic acids is 3. The van der Waals surface area contributed by atoms with E-state index in [2.05, 4.69) is 15.8 Å². The molecule has 0 saturated carbocycles. The third kappa shape index (κ3) is 6.91. The van der Waals surface area contributed by atoms with Crippen molar-refractivity contribution < 1.29 is 28.6 Å². The molecule has 0 aromatic heterocycles. The van der Waals surface area contributed by atoms with Crippen molar-refractivity contribution in [2.24, 2.45) is 5.10 Å². The number of methoxy groups -OCH3 is 1. The van der Waals surface area contributed by atoms with Crippen LogP contribution in [-0.2, 0) is 9.59 Å². The molecular formula is C26H25N3O6. The van der Waals surface area contributed by atoms with E-state index in [1.54, 1.807) is 79.7 Å². The smallest absolute Gasteiger partial charge is 0.343 e. The number of carbonyl (C=O) groups is 3. The number of anilines is 1. The summed E-state index contributed by atoms with van der Waals surface area (Å²) in [6.07, 6.45) is 0. The van der Waals surface area contributed by atoms with Crippen LogP contribution >= 0.6 is 0 Å². The number of hydrazone groups is 1. The molecule has 35 heavy (non-hydrogen) atoms. The van der Waals surface area contributed by atoms with Gasteiger partial charge in [-0.05, 0) is 74.0 Å². The molecule has 3 aromatic rings. The van der Waals surface area contributed by atoms with Gasteiger partial charge in [0.2, 0.25) is 0 Å². The number of rotatable bonds is 8. The molecule has 0 radical (unpaired) electrons. The van der Waals surface area contributed by atoms with Crippen molar-refractivity contribution in [2.45, 2.75) is 13.8 Å². The zero-order valence-electron chi connectivity index (χ0n) is 19.5. The van der Waals surface area contributed by atoms with Crippen molar-refractivity contribution in [3.63, 3.8) is 0 Å². The predicted molar refractivity (Wildman–Crippen MR) is 131 cm³/mol. The number of ether oxygens (including phenoxy) is 3. The van der Waals surface area contributed by atoms with E-state index in [0.717, 1.165) is 0 Å². The lowest BCUT2D eigenvalue weighted by atomic mass is 10.1. The number of nitrogens with one attached hydrogen (secondary N) is 2. The van der Waals surface area contributed by atoms with Crippen LogP contribution in [0.25, 0.3) is 0 Å². The van der Waals surface area contributed by atoms with Crippen LogP contribution in [0, 0.1) is 0 Å². The lowest BCUT2D eigenvalue weighted by Gasteiger charge is -2.10. The monoisotopic (exact) mass is 475 g/mol.